The van der Waals surface area contributed by atoms with Gasteiger partial charge in [-0.1, -0.05) is 24.3 Å². The molecule has 1 aromatic carbocycles. The topological polar surface area (TPSA) is 35.5 Å². The van der Waals surface area contributed by atoms with Crippen LogP contribution in [0.1, 0.15) is 17.3 Å². The molecule has 15 heavy (non-hydrogen) atoms. The Balaban J connectivity index is 2.81. The first-order valence-electron chi connectivity index (χ1n) is 4.71. The van der Waals surface area contributed by atoms with Crippen LogP contribution in [0, 0.1) is 0 Å². The summed E-state index contributed by atoms with van der Waals surface area (Å²) in [6.07, 6.45) is 3.76. The molecule has 0 unspecified atom stereocenters. The van der Waals surface area contributed by atoms with Crippen LogP contribution >= 0.6 is 0 Å². The second kappa shape index (κ2) is 5.86. The standard InChI is InChI=1S/C12H14O3/c1-3-4-9-15-11-8-6-5-7-10(11)12(13)14-2/h3-8H,9H2,1-2H3. The fraction of sp³-hybridized carbons (Fsp3) is 0.250. The molecule has 80 valence electrons. The number of carbonyl (C=O) groups is 1. The zero-order valence-electron chi connectivity index (χ0n) is 8.90. The minimum absolute atomic E-state index is 0.383. The van der Waals surface area contributed by atoms with Crippen molar-refractivity contribution in [2.75, 3.05) is 13.7 Å². The molecule has 0 aliphatic carbocycles. The molecule has 0 aromatic heterocycles. The van der Waals surface area contributed by atoms with Crippen LogP contribution in [0.4, 0.5) is 0 Å². The van der Waals surface area contributed by atoms with E-state index in [4.69, 9.17) is 4.74 Å². The van der Waals surface area contributed by atoms with Gasteiger partial charge in [-0.15, -0.1) is 0 Å². The lowest BCUT2D eigenvalue weighted by Crippen LogP contribution is -2.05. The summed E-state index contributed by atoms with van der Waals surface area (Å²) in [6, 6.07) is 7.01. The van der Waals surface area contributed by atoms with Gasteiger partial charge in [-0.2, -0.15) is 0 Å². The molecule has 0 saturated carbocycles. The summed E-state index contributed by atoms with van der Waals surface area (Å²) in [5.74, 6) is 0.161. The third kappa shape index (κ3) is 3.13. The summed E-state index contributed by atoms with van der Waals surface area (Å²) in [4.78, 5) is 11.3. The van der Waals surface area contributed by atoms with Gasteiger partial charge in [-0.05, 0) is 19.1 Å². The Kier molecular flexibility index (Phi) is 4.41. The average molecular weight is 206 g/mol. The van der Waals surface area contributed by atoms with Gasteiger partial charge in [0.1, 0.15) is 17.9 Å². The predicted molar refractivity (Wildman–Crippen MR) is 58.1 cm³/mol. The molecular formula is C12H14O3. The van der Waals surface area contributed by atoms with Crippen LogP contribution in [0.5, 0.6) is 5.75 Å². The second-order valence-electron chi connectivity index (χ2n) is 2.87. The number of hydrogen-bond donors (Lipinski definition) is 0. The quantitative estimate of drug-likeness (QED) is 0.560. The SMILES string of the molecule is CC=CCOc1ccccc1C(=O)OC. The molecule has 3 heteroatoms. The maximum absolute atomic E-state index is 11.3. The van der Waals surface area contributed by atoms with Gasteiger partial charge in [0.25, 0.3) is 0 Å². The van der Waals surface area contributed by atoms with Gasteiger partial charge in [0.15, 0.2) is 0 Å². The summed E-state index contributed by atoms with van der Waals surface area (Å²) in [6.45, 7) is 2.36. The van der Waals surface area contributed by atoms with Crippen molar-refractivity contribution in [2.24, 2.45) is 0 Å². The molecule has 0 N–H and O–H groups in total. The largest absolute Gasteiger partial charge is 0.489 e. The van der Waals surface area contributed by atoms with Crippen LogP contribution in [-0.4, -0.2) is 19.7 Å². The Labute approximate surface area is 89.3 Å². The first kappa shape index (κ1) is 11.3. The minimum Gasteiger partial charge on any atom is -0.489 e. The van der Waals surface area contributed by atoms with E-state index in [0.717, 1.165) is 0 Å². The van der Waals surface area contributed by atoms with Gasteiger partial charge in [0.05, 0.1) is 7.11 Å². The van der Waals surface area contributed by atoms with Crippen LogP contribution in [-0.2, 0) is 4.74 Å². The number of ether oxygens (including phenoxy) is 2. The predicted octanol–water partition coefficient (Wildman–Crippen LogP) is 2.43. The van der Waals surface area contributed by atoms with Crippen LogP contribution in [0.3, 0.4) is 0 Å². The molecule has 0 aliphatic heterocycles. The highest BCUT2D eigenvalue weighted by Gasteiger charge is 2.11. The van der Waals surface area contributed by atoms with E-state index in [1.165, 1.54) is 7.11 Å². The van der Waals surface area contributed by atoms with Gasteiger partial charge in [-0.3, -0.25) is 0 Å². The number of benzene rings is 1. The van der Waals surface area contributed by atoms with Gasteiger partial charge in [0, 0.05) is 0 Å². The van der Waals surface area contributed by atoms with E-state index in [-0.39, 0.29) is 5.97 Å². The van der Waals surface area contributed by atoms with E-state index < -0.39 is 0 Å². The van der Waals surface area contributed by atoms with Gasteiger partial charge in [0.2, 0.25) is 0 Å². The molecule has 0 amide bonds. The first-order chi connectivity index (χ1) is 7.29. The van der Waals surface area contributed by atoms with Crippen LogP contribution in [0.2, 0.25) is 0 Å². The highest BCUT2D eigenvalue weighted by Crippen LogP contribution is 2.18. The zero-order valence-corrected chi connectivity index (χ0v) is 8.90. The molecule has 0 bridgehead atoms. The molecule has 0 fully saturated rings. The van der Waals surface area contributed by atoms with Crippen molar-refractivity contribution in [2.45, 2.75) is 6.92 Å². The average Bonchev–Trinajstić information content (AvgIpc) is 2.29. The van der Waals surface area contributed by atoms with E-state index in [0.29, 0.717) is 17.9 Å². The minimum atomic E-state index is -0.383. The molecule has 3 nitrogen and oxygen atoms in total. The van der Waals surface area contributed by atoms with Gasteiger partial charge < -0.3 is 9.47 Å². The number of para-hydroxylation sites is 1. The highest BCUT2D eigenvalue weighted by atomic mass is 16.5. The molecule has 1 aromatic rings. The first-order valence-corrected chi connectivity index (χ1v) is 4.71. The number of rotatable bonds is 4. The van der Waals surface area contributed by atoms with Crippen LogP contribution < -0.4 is 4.74 Å². The van der Waals surface area contributed by atoms with Crippen LogP contribution in [0.15, 0.2) is 36.4 Å². The van der Waals surface area contributed by atoms with Crippen molar-refractivity contribution in [1.29, 1.82) is 0 Å². The smallest absolute Gasteiger partial charge is 0.341 e. The van der Waals surface area contributed by atoms with E-state index >= 15 is 0 Å². The molecule has 1 rings (SSSR count). The Morgan fingerprint density at radius 3 is 2.80 bits per heavy atom. The molecular weight excluding hydrogens is 192 g/mol. The summed E-state index contributed by atoms with van der Waals surface area (Å²) >= 11 is 0. The number of esters is 1. The Hall–Kier alpha value is -1.77. The van der Waals surface area contributed by atoms with E-state index in [9.17, 15) is 4.79 Å². The molecule has 0 aliphatic rings. The molecule has 0 heterocycles. The third-order valence-corrected chi connectivity index (χ3v) is 1.86. The summed E-state index contributed by atoms with van der Waals surface area (Å²) in [5, 5.41) is 0. The number of methoxy groups -OCH3 is 1. The molecule has 0 atom stereocenters. The van der Waals surface area contributed by atoms with Crippen molar-refractivity contribution < 1.29 is 14.3 Å². The maximum atomic E-state index is 11.3. The van der Waals surface area contributed by atoms with Gasteiger partial charge in [-0.25, -0.2) is 4.79 Å². The fourth-order valence-electron chi connectivity index (χ4n) is 1.11. The number of allylic oxidation sites excluding steroid dienone is 1. The van der Waals surface area contributed by atoms with Crippen molar-refractivity contribution in [1.82, 2.24) is 0 Å². The summed E-state index contributed by atoms with van der Waals surface area (Å²) in [5.41, 5.74) is 0.449. The number of hydrogen-bond acceptors (Lipinski definition) is 3. The van der Waals surface area contributed by atoms with Crippen molar-refractivity contribution in [3.8, 4) is 5.75 Å². The van der Waals surface area contributed by atoms with Crippen molar-refractivity contribution in [3.63, 3.8) is 0 Å². The summed E-state index contributed by atoms with van der Waals surface area (Å²) < 4.78 is 10.1. The normalized spacial score (nSPS) is 10.3. The van der Waals surface area contributed by atoms with Gasteiger partial charge >= 0.3 is 5.97 Å². The second-order valence-corrected chi connectivity index (χ2v) is 2.87. The van der Waals surface area contributed by atoms with Crippen molar-refractivity contribution in [3.05, 3.63) is 42.0 Å². The molecule has 0 radical (unpaired) electrons. The van der Waals surface area contributed by atoms with E-state index in [1.54, 1.807) is 18.2 Å². The van der Waals surface area contributed by atoms with E-state index in [1.807, 2.05) is 25.1 Å². The Morgan fingerprint density at radius 1 is 1.40 bits per heavy atom. The Bertz CT molecular complexity index is 356. The Morgan fingerprint density at radius 2 is 2.13 bits per heavy atom. The summed E-state index contributed by atoms with van der Waals surface area (Å²) in [7, 11) is 1.35. The lowest BCUT2D eigenvalue weighted by atomic mass is 10.2. The third-order valence-electron chi connectivity index (χ3n) is 1.86. The lowest BCUT2D eigenvalue weighted by Gasteiger charge is -2.07. The van der Waals surface area contributed by atoms with Crippen LogP contribution in [0.25, 0.3) is 0 Å². The molecule has 0 saturated heterocycles. The zero-order chi connectivity index (χ0) is 11.1. The van der Waals surface area contributed by atoms with Crippen molar-refractivity contribution >= 4 is 5.97 Å². The number of carbonyl (C=O) groups excluding carboxylic acids is 1. The fourth-order valence-corrected chi connectivity index (χ4v) is 1.11. The highest BCUT2D eigenvalue weighted by molar-refractivity contribution is 5.92. The van der Waals surface area contributed by atoms with E-state index in [2.05, 4.69) is 4.74 Å². The maximum Gasteiger partial charge on any atom is 0.341 e. The molecule has 0 spiro atoms. The monoisotopic (exact) mass is 206 g/mol. The lowest BCUT2D eigenvalue weighted by molar-refractivity contribution is 0.0596.